The molecule has 1 fully saturated rings. The zero-order valence-corrected chi connectivity index (χ0v) is 24.6. The van der Waals surface area contributed by atoms with Crippen molar-refractivity contribution in [3.63, 3.8) is 0 Å². The van der Waals surface area contributed by atoms with Gasteiger partial charge in [0.05, 0.1) is 34.3 Å². The lowest BCUT2D eigenvalue weighted by molar-refractivity contribution is 0.0923. The van der Waals surface area contributed by atoms with Gasteiger partial charge in [-0.1, -0.05) is 76.6 Å². The first-order valence-corrected chi connectivity index (χ1v) is 15.6. The van der Waals surface area contributed by atoms with Crippen LogP contribution in [-0.4, -0.2) is 52.5 Å². The largest absolute Gasteiger partial charge is 0.348 e. The van der Waals surface area contributed by atoms with E-state index in [1.54, 1.807) is 41.2 Å². The second-order valence-corrected chi connectivity index (χ2v) is 12.9. The number of nitrogens with zero attached hydrogens (tertiary/aromatic N) is 4. The number of hydrogen-bond donors (Lipinski definition) is 1. The van der Waals surface area contributed by atoms with Gasteiger partial charge in [-0.3, -0.25) is 4.79 Å². The normalized spacial score (nSPS) is 16.1. The molecule has 1 unspecified atom stereocenters. The molecule has 1 amide bonds. The summed E-state index contributed by atoms with van der Waals surface area (Å²) in [7, 11) is -3.68. The summed E-state index contributed by atoms with van der Waals surface area (Å²) in [4.78, 5) is 18.9. The number of rotatable bonds is 7. The highest BCUT2D eigenvalue weighted by molar-refractivity contribution is 9.10. The Morgan fingerprint density at radius 3 is 2.41 bits per heavy atom. The number of benzene rings is 3. The molecule has 0 spiro atoms. The van der Waals surface area contributed by atoms with Gasteiger partial charge in [-0.05, 0) is 48.7 Å². The predicted octanol–water partition coefficient (Wildman–Crippen LogP) is 5.49. The van der Waals surface area contributed by atoms with Gasteiger partial charge in [0.2, 0.25) is 10.0 Å². The number of fused-ring (bicyclic) bond motifs is 1. The van der Waals surface area contributed by atoms with Crippen LogP contribution in [0.2, 0.25) is 0 Å². The number of carbonyl (C=O) groups excluding carboxylic acids is 1. The first kappa shape index (κ1) is 27.3. The van der Waals surface area contributed by atoms with E-state index in [2.05, 4.69) is 26.3 Å². The number of sulfonamides is 1. The van der Waals surface area contributed by atoms with Crippen LogP contribution in [0.4, 0.5) is 0 Å². The van der Waals surface area contributed by atoms with Crippen LogP contribution in [-0.2, 0) is 16.6 Å². The third kappa shape index (κ3) is 5.81. The Hall–Kier alpha value is -3.86. The number of nitrogens with one attached hydrogen (secondary N) is 1. The van der Waals surface area contributed by atoms with E-state index < -0.39 is 10.0 Å². The molecule has 3 heterocycles. The van der Waals surface area contributed by atoms with Gasteiger partial charge in [0.25, 0.3) is 5.91 Å². The Bertz CT molecular complexity index is 1790. The van der Waals surface area contributed by atoms with Gasteiger partial charge in [0, 0.05) is 29.2 Å². The van der Waals surface area contributed by atoms with Crippen molar-refractivity contribution in [3.05, 3.63) is 113 Å². The van der Waals surface area contributed by atoms with Crippen molar-refractivity contribution in [1.82, 2.24) is 24.4 Å². The summed E-state index contributed by atoms with van der Waals surface area (Å²) in [5, 5.41) is 8.34. The Morgan fingerprint density at radius 1 is 0.976 bits per heavy atom. The molecule has 41 heavy (non-hydrogen) atoms. The number of amides is 1. The molecule has 0 aliphatic carbocycles. The lowest BCUT2D eigenvalue weighted by Crippen LogP contribution is -2.49. The Labute approximate surface area is 247 Å². The maximum Gasteiger partial charge on any atom is 0.252 e. The zero-order chi connectivity index (χ0) is 28.4. The number of pyridine rings is 1. The number of halogens is 1. The average molecular weight is 631 g/mol. The number of piperidine rings is 1. The molecular formula is C31H28BrN5O3S. The Kier molecular flexibility index (Phi) is 7.70. The number of carbonyl (C=O) groups is 1. The van der Waals surface area contributed by atoms with Gasteiger partial charge in [0.15, 0.2) is 5.65 Å². The molecule has 0 bridgehead atoms. The van der Waals surface area contributed by atoms with Crippen LogP contribution in [0, 0.1) is 0 Å². The van der Waals surface area contributed by atoms with E-state index in [0.717, 1.165) is 15.6 Å². The highest BCUT2D eigenvalue weighted by atomic mass is 79.9. The third-order valence-electron chi connectivity index (χ3n) is 7.27. The van der Waals surface area contributed by atoms with Crippen molar-refractivity contribution in [2.24, 2.45) is 0 Å². The summed E-state index contributed by atoms with van der Waals surface area (Å²) in [5.41, 5.74) is 3.70. The van der Waals surface area contributed by atoms with Crippen LogP contribution in [0.3, 0.4) is 0 Å². The van der Waals surface area contributed by atoms with E-state index in [1.165, 1.54) is 4.31 Å². The molecule has 1 N–H and O–H groups in total. The number of hydrogen-bond acceptors (Lipinski definition) is 5. The first-order valence-electron chi connectivity index (χ1n) is 13.4. The van der Waals surface area contributed by atoms with E-state index in [9.17, 15) is 13.2 Å². The average Bonchev–Trinajstić information content (AvgIpc) is 3.40. The van der Waals surface area contributed by atoms with Crippen molar-refractivity contribution < 1.29 is 13.2 Å². The summed E-state index contributed by atoms with van der Waals surface area (Å²) in [6, 6.07) is 27.8. The molecule has 3 aromatic carbocycles. The van der Waals surface area contributed by atoms with E-state index in [-0.39, 0.29) is 23.4 Å². The van der Waals surface area contributed by atoms with Crippen LogP contribution in [0.1, 0.15) is 28.8 Å². The molecule has 1 atom stereocenters. The molecule has 8 nitrogen and oxygen atoms in total. The van der Waals surface area contributed by atoms with Crippen LogP contribution >= 0.6 is 15.9 Å². The molecule has 0 saturated carbocycles. The number of aromatic nitrogens is 3. The van der Waals surface area contributed by atoms with Crippen molar-refractivity contribution >= 4 is 42.9 Å². The fourth-order valence-corrected chi connectivity index (χ4v) is 6.95. The SMILES string of the molecule is O=C(NC1CCCN(S(=O)(=O)c2ccc(Br)cc2)C1)c1cc(-c2ccccc2)nc2c1cnn2Cc1ccccc1. The molecule has 6 rings (SSSR count). The van der Waals surface area contributed by atoms with Crippen molar-refractivity contribution in [2.45, 2.75) is 30.3 Å². The molecule has 1 aliphatic heterocycles. The van der Waals surface area contributed by atoms with Crippen LogP contribution in [0.25, 0.3) is 22.3 Å². The van der Waals surface area contributed by atoms with Crippen LogP contribution < -0.4 is 5.32 Å². The smallest absolute Gasteiger partial charge is 0.252 e. The molecule has 0 radical (unpaired) electrons. The molecule has 1 aliphatic rings. The lowest BCUT2D eigenvalue weighted by Gasteiger charge is -2.32. The van der Waals surface area contributed by atoms with Crippen LogP contribution in [0.15, 0.2) is 107 Å². The standard InChI is InChI=1S/C31H28BrN5O3S/c32-24-13-15-26(16-14-24)41(39,40)36-17-7-12-25(21-36)34-31(38)27-18-29(23-10-5-2-6-11-23)35-30-28(27)19-33-37(30)20-22-8-3-1-4-9-22/h1-6,8-11,13-16,18-19,25H,7,12,17,20-21H2,(H,34,38). The van der Waals surface area contributed by atoms with E-state index in [4.69, 9.17) is 4.98 Å². The highest BCUT2D eigenvalue weighted by Gasteiger charge is 2.31. The van der Waals surface area contributed by atoms with Gasteiger partial charge >= 0.3 is 0 Å². The predicted molar refractivity (Wildman–Crippen MR) is 162 cm³/mol. The monoisotopic (exact) mass is 629 g/mol. The van der Waals surface area contributed by atoms with E-state index >= 15 is 0 Å². The van der Waals surface area contributed by atoms with Crippen molar-refractivity contribution in [1.29, 1.82) is 0 Å². The van der Waals surface area contributed by atoms with E-state index in [0.29, 0.717) is 48.2 Å². The Morgan fingerprint density at radius 2 is 1.68 bits per heavy atom. The van der Waals surface area contributed by atoms with Crippen molar-refractivity contribution in [2.75, 3.05) is 13.1 Å². The maximum absolute atomic E-state index is 13.8. The fourth-order valence-electron chi connectivity index (χ4n) is 5.16. The van der Waals surface area contributed by atoms with Gasteiger partial charge in [-0.2, -0.15) is 9.40 Å². The summed E-state index contributed by atoms with van der Waals surface area (Å²) in [6.45, 7) is 1.13. The summed E-state index contributed by atoms with van der Waals surface area (Å²) >= 11 is 3.36. The minimum absolute atomic E-state index is 0.206. The maximum atomic E-state index is 13.8. The quantitative estimate of drug-likeness (QED) is 0.257. The highest BCUT2D eigenvalue weighted by Crippen LogP contribution is 2.27. The second-order valence-electron chi connectivity index (χ2n) is 10.1. The van der Waals surface area contributed by atoms with Gasteiger partial charge in [-0.25, -0.2) is 18.1 Å². The first-order chi connectivity index (χ1) is 19.9. The van der Waals surface area contributed by atoms with Gasteiger partial charge < -0.3 is 5.32 Å². The lowest BCUT2D eigenvalue weighted by atomic mass is 10.0. The molecule has 208 valence electrons. The topological polar surface area (TPSA) is 97.2 Å². The fraction of sp³-hybridized carbons (Fsp3) is 0.194. The Balaban J connectivity index is 1.30. The van der Waals surface area contributed by atoms with Crippen molar-refractivity contribution in [3.8, 4) is 11.3 Å². The molecule has 1 saturated heterocycles. The zero-order valence-electron chi connectivity index (χ0n) is 22.2. The molecule has 10 heteroatoms. The molecule has 5 aromatic rings. The summed E-state index contributed by atoms with van der Waals surface area (Å²) in [5.74, 6) is -0.276. The minimum Gasteiger partial charge on any atom is -0.348 e. The second kappa shape index (κ2) is 11.6. The van der Waals surface area contributed by atoms with E-state index in [1.807, 2.05) is 60.7 Å². The minimum atomic E-state index is -3.68. The van der Waals surface area contributed by atoms with Crippen LogP contribution in [0.5, 0.6) is 0 Å². The summed E-state index contributed by atoms with van der Waals surface area (Å²) in [6.07, 6.45) is 3.02. The summed E-state index contributed by atoms with van der Waals surface area (Å²) < 4.78 is 30.7. The molecular weight excluding hydrogens is 602 g/mol. The third-order valence-corrected chi connectivity index (χ3v) is 9.68. The van der Waals surface area contributed by atoms with Gasteiger partial charge in [0.1, 0.15) is 0 Å². The van der Waals surface area contributed by atoms with Gasteiger partial charge in [-0.15, -0.1) is 0 Å². The molecule has 2 aromatic heterocycles.